The average Bonchev–Trinajstić information content (AvgIpc) is 2.82. The van der Waals surface area contributed by atoms with Crippen LogP contribution < -0.4 is 0 Å². The molecule has 0 saturated heterocycles. The van der Waals surface area contributed by atoms with Gasteiger partial charge in [0.1, 0.15) is 5.52 Å². The van der Waals surface area contributed by atoms with E-state index in [-0.39, 0.29) is 6.04 Å². The molecule has 5 heteroatoms. The molecule has 3 rings (SSSR count). The molecule has 0 unspecified atom stereocenters. The van der Waals surface area contributed by atoms with Crippen molar-refractivity contribution in [2.24, 2.45) is 0 Å². The van der Waals surface area contributed by atoms with Gasteiger partial charge in [0.05, 0.1) is 23.4 Å². The largest absolute Gasteiger partial charge is 0.259 e. The van der Waals surface area contributed by atoms with Gasteiger partial charge in [0.15, 0.2) is 0 Å². The highest BCUT2D eigenvalue weighted by Crippen LogP contribution is 2.22. The van der Waals surface area contributed by atoms with Gasteiger partial charge in [0, 0.05) is 16.9 Å². The highest BCUT2D eigenvalue weighted by Gasteiger charge is 2.13. The summed E-state index contributed by atoms with van der Waals surface area (Å²) in [5.74, 6) is 0. The summed E-state index contributed by atoms with van der Waals surface area (Å²) in [4.78, 5) is 8.70. The molecule has 0 aromatic carbocycles. The lowest BCUT2D eigenvalue weighted by Gasteiger charge is -2.12. The van der Waals surface area contributed by atoms with Crippen molar-refractivity contribution < 1.29 is 0 Å². The molecule has 90 valence electrons. The number of pyridine rings is 2. The van der Waals surface area contributed by atoms with Crippen LogP contribution in [-0.2, 0) is 0 Å². The summed E-state index contributed by atoms with van der Waals surface area (Å²) >= 11 is 3.44. The zero-order valence-electron chi connectivity index (χ0n) is 9.79. The van der Waals surface area contributed by atoms with Gasteiger partial charge >= 0.3 is 0 Å². The minimum atomic E-state index is 0.0831. The first-order valence-electron chi connectivity index (χ1n) is 5.65. The lowest BCUT2D eigenvalue weighted by Crippen LogP contribution is -2.09. The van der Waals surface area contributed by atoms with Crippen LogP contribution in [0.4, 0.5) is 0 Å². The highest BCUT2D eigenvalue weighted by atomic mass is 79.9. The second kappa shape index (κ2) is 4.49. The van der Waals surface area contributed by atoms with E-state index in [1.807, 2.05) is 28.9 Å². The Hall–Kier alpha value is -1.75. The van der Waals surface area contributed by atoms with Crippen molar-refractivity contribution in [2.45, 2.75) is 13.0 Å². The van der Waals surface area contributed by atoms with Crippen LogP contribution >= 0.6 is 15.9 Å². The summed E-state index contributed by atoms with van der Waals surface area (Å²) in [6.07, 6.45) is 5.35. The lowest BCUT2D eigenvalue weighted by molar-refractivity contribution is 0.570. The van der Waals surface area contributed by atoms with E-state index in [4.69, 9.17) is 0 Å². The van der Waals surface area contributed by atoms with E-state index in [1.54, 1.807) is 18.6 Å². The topological polar surface area (TPSA) is 43.6 Å². The molecule has 1 atom stereocenters. The van der Waals surface area contributed by atoms with Crippen LogP contribution in [0.25, 0.3) is 11.0 Å². The van der Waals surface area contributed by atoms with Gasteiger partial charge in [0.2, 0.25) is 0 Å². The van der Waals surface area contributed by atoms with E-state index in [0.717, 1.165) is 21.2 Å². The summed E-state index contributed by atoms with van der Waals surface area (Å²) in [7, 11) is 0. The average molecular weight is 303 g/mol. The predicted octanol–water partition coefficient (Wildman–Crippen LogP) is 3.20. The van der Waals surface area contributed by atoms with Gasteiger partial charge < -0.3 is 0 Å². The van der Waals surface area contributed by atoms with E-state index < -0.39 is 0 Å². The van der Waals surface area contributed by atoms with Crippen LogP contribution in [-0.4, -0.2) is 19.7 Å². The lowest BCUT2D eigenvalue weighted by atomic mass is 10.2. The number of hydrogen-bond acceptors (Lipinski definition) is 3. The molecule has 3 heterocycles. The predicted molar refractivity (Wildman–Crippen MR) is 73.3 cm³/mol. The third-order valence-electron chi connectivity index (χ3n) is 2.90. The quantitative estimate of drug-likeness (QED) is 0.730. The molecular formula is C13H11BrN4. The maximum absolute atomic E-state index is 4.41. The first-order chi connectivity index (χ1) is 8.75. The first kappa shape index (κ1) is 11.3. The fraction of sp³-hybridized carbons (Fsp3) is 0.154. The number of halogens is 1. The van der Waals surface area contributed by atoms with Crippen LogP contribution in [0.3, 0.4) is 0 Å². The fourth-order valence-electron chi connectivity index (χ4n) is 1.96. The Balaban J connectivity index is 2.12. The number of aromatic nitrogens is 4. The zero-order valence-corrected chi connectivity index (χ0v) is 11.4. The van der Waals surface area contributed by atoms with Crippen LogP contribution in [0.5, 0.6) is 0 Å². The van der Waals surface area contributed by atoms with Crippen molar-refractivity contribution in [3.05, 3.63) is 53.0 Å². The summed E-state index contributed by atoms with van der Waals surface area (Å²) in [6.45, 7) is 2.08. The standard InChI is InChI=1S/C13H11BrN4/c1-9(11-4-2-3-5-15-11)18-13-6-10(14)7-16-12(13)8-17-18/h2-9H,1H3/t9-/m1/s1. The van der Waals surface area contributed by atoms with Gasteiger partial charge in [-0.05, 0) is 41.1 Å². The van der Waals surface area contributed by atoms with Crippen molar-refractivity contribution in [1.29, 1.82) is 0 Å². The maximum atomic E-state index is 4.41. The molecule has 18 heavy (non-hydrogen) atoms. The molecule has 3 aromatic heterocycles. The van der Waals surface area contributed by atoms with Crippen molar-refractivity contribution >= 4 is 27.0 Å². The Morgan fingerprint density at radius 1 is 1.22 bits per heavy atom. The molecule has 0 aliphatic heterocycles. The van der Waals surface area contributed by atoms with E-state index in [0.29, 0.717) is 0 Å². The van der Waals surface area contributed by atoms with Gasteiger partial charge in [-0.3, -0.25) is 14.6 Å². The van der Waals surface area contributed by atoms with Gasteiger partial charge in [-0.1, -0.05) is 6.07 Å². The maximum Gasteiger partial charge on any atom is 0.108 e. The summed E-state index contributed by atoms with van der Waals surface area (Å²) in [6, 6.07) is 8.01. The van der Waals surface area contributed by atoms with Gasteiger partial charge in [0.25, 0.3) is 0 Å². The monoisotopic (exact) mass is 302 g/mol. The molecule has 3 aromatic rings. The van der Waals surface area contributed by atoms with Crippen molar-refractivity contribution in [3.63, 3.8) is 0 Å². The number of fused-ring (bicyclic) bond motifs is 1. The van der Waals surface area contributed by atoms with Gasteiger partial charge in [-0.15, -0.1) is 0 Å². The minimum absolute atomic E-state index is 0.0831. The Bertz CT molecular complexity index is 678. The van der Waals surface area contributed by atoms with E-state index >= 15 is 0 Å². The van der Waals surface area contributed by atoms with Gasteiger partial charge in [-0.25, -0.2) is 0 Å². The smallest absolute Gasteiger partial charge is 0.108 e. The Kier molecular flexibility index (Phi) is 2.83. The molecule has 0 aliphatic carbocycles. The molecule has 0 amide bonds. The van der Waals surface area contributed by atoms with Crippen LogP contribution in [0.2, 0.25) is 0 Å². The normalized spacial score (nSPS) is 12.8. The number of hydrogen-bond donors (Lipinski definition) is 0. The highest BCUT2D eigenvalue weighted by molar-refractivity contribution is 9.10. The van der Waals surface area contributed by atoms with Crippen LogP contribution in [0, 0.1) is 0 Å². The Morgan fingerprint density at radius 2 is 2.11 bits per heavy atom. The van der Waals surface area contributed by atoms with Crippen molar-refractivity contribution in [2.75, 3.05) is 0 Å². The second-order valence-corrected chi connectivity index (χ2v) is 4.99. The third-order valence-corrected chi connectivity index (χ3v) is 3.33. The molecular weight excluding hydrogens is 292 g/mol. The third kappa shape index (κ3) is 1.90. The minimum Gasteiger partial charge on any atom is -0.259 e. The van der Waals surface area contributed by atoms with E-state index in [1.165, 1.54) is 0 Å². The van der Waals surface area contributed by atoms with Crippen molar-refractivity contribution in [1.82, 2.24) is 19.7 Å². The molecule has 0 spiro atoms. The molecule has 0 bridgehead atoms. The van der Waals surface area contributed by atoms with Crippen molar-refractivity contribution in [3.8, 4) is 0 Å². The fourth-order valence-corrected chi connectivity index (χ4v) is 2.28. The second-order valence-electron chi connectivity index (χ2n) is 4.08. The van der Waals surface area contributed by atoms with E-state index in [2.05, 4.69) is 37.9 Å². The van der Waals surface area contributed by atoms with Gasteiger partial charge in [-0.2, -0.15) is 5.10 Å². The Labute approximate surface area is 113 Å². The summed E-state index contributed by atoms with van der Waals surface area (Å²) in [5.41, 5.74) is 2.88. The summed E-state index contributed by atoms with van der Waals surface area (Å²) < 4.78 is 2.89. The molecule has 0 aliphatic rings. The molecule has 0 saturated carbocycles. The Morgan fingerprint density at radius 3 is 2.89 bits per heavy atom. The molecule has 4 nitrogen and oxygen atoms in total. The van der Waals surface area contributed by atoms with E-state index in [9.17, 15) is 0 Å². The molecule has 0 N–H and O–H groups in total. The molecule has 0 radical (unpaired) electrons. The summed E-state index contributed by atoms with van der Waals surface area (Å²) in [5, 5.41) is 4.41. The van der Waals surface area contributed by atoms with Crippen LogP contribution in [0.15, 0.2) is 47.3 Å². The SMILES string of the molecule is C[C@H](c1ccccn1)n1ncc2ncc(Br)cc21. The first-order valence-corrected chi connectivity index (χ1v) is 6.44. The molecule has 0 fully saturated rings. The van der Waals surface area contributed by atoms with Crippen LogP contribution in [0.1, 0.15) is 18.7 Å². The zero-order chi connectivity index (χ0) is 12.5. The number of rotatable bonds is 2. The number of nitrogens with zero attached hydrogens (tertiary/aromatic N) is 4.